The van der Waals surface area contributed by atoms with Gasteiger partial charge in [0.05, 0.1) is 23.3 Å². The Labute approximate surface area is 194 Å². The van der Waals surface area contributed by atoms with Crippen LogP contribution in [-0.4, -0.2) is 46.5 Å². The van der Waals surface area contributed by atoms with Gasteiger partial charge in [-0.1, -0.05) is 40.2 Å². The minimum absolute atomic E-state index is 0.653. The number of fused-ring (bicyclic) bond motifs is 5. The van der Waals surface area contributed by atoms with Crippen LogP contribution in [0.15, 0.2) is 81.4 Å². The Kier molecular flexibility index (Phi) is 8.27. The highest BCUT2D eigenvalue weighted by molar-refractivity contribution is 9.10. The number of H-pyrrole nitrogens is 1. The third-order valence-corrected chi connectivity index (χ3v) is 5.21. The Bertz CT molecular complexity index is 1240. The molecule has 0 saturated heterocycles. The molecule has 0 fully saturated rings. The van der Waals surface area contributed by atoms with Gasteiger partial charge in [0.15, 0.2) is 0 Å². The number of hydrazone groups is 1. The van der Waals surface area contributed by atoms with E-state index in [2.05, 4.69) is 60.7 Å². The number of aliphatic hydroxyl groups is 2. The molecule has 4 N–H and O–H groups in total. The lowest BCUT2D eigenvalue weighted by atomic mass is 10.0. The van der Waals surface area contributed by atoms with Gasteiger partial charge >= 0.3 is 0 Å². The van der Waals surface area contributed by atoms with E-state index in [4.69, 9.17) is 15.2 Å². The average molecular weight is 494 g/mol. The topological polar surface area (TPSA) is 106 Å². The molecule has 0 saturated carbocycles. The zero-order valence-electron chi connectivity index (χ0n) is 17.7. The third-order valence-electron chi connectivity index (χ3n) is 4.72. The summed E-state index contributed by atoms with van der Waals surface area (Å²) < 4.78 is 1.05. The van der Waals surface area contributed by atoms with Gasteiger partial charge in [0.1, 0.15) is 5.84 Å². The maximum Gasteiger partial charge on any atom is 0.127 e. The van der Waals surface area contributed by atoms with Crippen molar-refractivity contribution in [1.29, 1.82) is 0 Å². The quantitative estimate of drug-likeness (QED) is 0.245. The third kappa shape index (κ3) is 5.11. The van der Waals surface area contributed by atoms with E-state index in [-0.39, 0.29) is 0 Å². The zero-order valence-corrected chi connectivity index (χ0v) is 19.3. The molecule has 5 rings (SSSR count). The second-order valence-corrected chi connectivity index (χ2v) is 7.46. The number of pyridine rings is 1. The Balaban J connectivity index is 0.000000686. The van der Waals surface area contributed by atoms with Crippen LogP contribution in [0.2, 0.25) is 0 Å². The van der Waals surface area contributed by atoms with Crippen LogP contribution in [0.25, 0.3) is 22.2 Å². The first kappa shape index (κ1) is 23.3. The van der Waals surface area contributed by atoms with Crippen molar-refractivity contribution < 1.29 is 10.2 Å². The summed E-state index contributed by atoms with van der Waals surface area (Å²) in [5.41, 5.74) is 9.35. The highest BCUT2D eigenvalue weighted by atomic mass is 79.9. The molecule has 0 amide bonds. The van der Waals surface area contributed by atoms with E-state index in [0.717, 1.165) is 52.7 Å². The van der Waals surface area contributed by atoms with Crippen LogP contribution in [0.3, 0.4) is 0 Å². The van der Waals surface area contributed by atoms with Gasteiger partial charge in [0.25, 0.3) is 0 Å². The van der Waals surface area contributed by atoms with Crippen molar-refractivity contribution in [3.05, 3.63) is 82.6 Å². The number of halogens is 1. The highest BCUT2D eigenvalue weighted by Crippen LogP contribution is 2.39. The van der Waals surface area contributed by atoms with Gasteiger partial charge < -0.3 is 15.2 Å². The number of aromatic nitrogens is 2. The number of rotatable bonds is 2. The molecule has 0 bridgehead atoms. The van der Waals surface area contributed by atoms with Crippen molar-refractivity contribution in [3.63, 3.8) is 0 Å². The van der Waals surface area contributed by atoms with E-state index in [1.165, 1.54) is 10.9 Å². The number of aliphatic hydroxyl groups excluding tert-OH is 2. The molecule has 0 unspecified atom stereocenters. The largest absolute Gasteiger partial charge is 0.400 e. The molecule has 164 valence electrons. The van der Waals surface area contributed by atoms with Crippen molar-refractivity contribution in [2.75, 3.05) is 14.2 Å². The average Bonchev–Trinajstić information content (AvgIpc) is 3.11. The molecule has 7 nitrogen and oxygen atoms in total. The lowest BCUT2D eigenvalue weighted by Crippen LogP contribution is -2.20. The van der Waals surface area contributed by atoms with E-state index < -0.39 is 0 Å². The maximum absolute atomic E-state index is 7.00. The fourth-order valence-electron chi connectivity index (χ4n) is 3.46. The smallest absolute Gasteiger partial charge is 0.127 e. The zero-order chi connectivity index (χ0) is 22.9. The first-order valence-electron chi connectivity index (χ1n) is 9.84. The standard InChI is InChI=1S/C22H16BrN5.2CH4O/c23-14-8-9-20-17(11-14)18-12-21(28-25-13-15-5-3-4-10-24-15)26-19-7-2-1-6-16(19)22(18)27-20;2*1-2/h1-11,13,27H,12H2,(H,26,28);2*2H,1H3/b25-13+;;. The lowest BCUT2D eigenvalue weighted by Gasteiger charge is -2.04. The van der Waals surface area contributed by atoms with Gasteiger partial charge in [-0.25, -0.2) is 4.99 Å². The van der Waals surface area contributed by atoms with E-state index in [1.807, 2.05) is 36.4 Å². The monoisotopic (exact) mass is 493 g/mol. The summed E-state index contributed by atoms with van der Waals surface area (Å²) in [5, 5.41) is 19.5. The fraction of sp³-hybridized carbons (Fsp3) is 0.125. The van der Waals surface area contributed by atoms with Crippen molar-refractivity contribution in [2.24, 2.45) is 10.1 Å². The molecule has 1 aliphatic heterocycles. The van der Waals surface area contributed by atoms with Crippen LogP contribution in [0.1, 0.15) is 11.3 Å². The predicted octanol–water partition coefficient (Wildman–Crippen LogP) is 4.42. The molecule has 2 aromatic heterocycles. The van der Waals surface area contributed by atoms with Gasteiger partial charge in [-0.2, -0.15) is 5.10 Å². The van der Waals surface area contributed by atoms with Crippen LogP contribution < -0.4 is 5.43 Å². The van der Waals surface area contributed by atoms with Crippen molar-refractivity contribution in [2.45, 2.75) is 6.42 Å². The van der Waals surface area contributed by atoms with E-state index >= 15 is 0 Å². The lowest BCUT2D eigenvalue weighted by molar-refractivity contribution is 0.399. The summed E-state index contributed by atoms with van der Waals surface area (Å²) in [6, 6.07) is 20.2. The van der Waals surface area contributed by atoms with E-state index in [0.29, 0.717) is 6.42 Å². The summed E-state index contributed by atoms with van der Waals surface area (Å²) in [6.07, 6.45) is 4.10. The van der Waals surface area contributed by atoms with Crippen molar-refractivity contribution in [3.8, 4) is 11.3 Å². The highest BCUT2D eigenvalue weighted by Gasteiger charge is 2.20. The number of hydrogen-bond acceptors (Lipinski definition) is 6. The number of nitrogens with one attached hydrogen (secondary N) is 2. The van der Waals surface area contributed by atoms with Gasteiger partial charge in [0, 0.05) is 47.8 Å². The molecule has 32 heavy (non-hydrogen) atoms. The van der Waals surface area contributed by atoms with Crippen LogP contribution >= 0.6 is 15.9 Å². The molecule has 4 aromatic rings. The fourth-order valence-corrected chi connectivity index (χ4v) is 3.82. The molecule has 3 heterocycles. The number of aliphatic imine (C=N–C) groups is 1. The SMILES string of the molecule is Brc1ccc2[nH]c3c(c2c1)CC(N/N=C/c1ccccn1)=Nc1ccccc1-3.CO.CO. The summed E-state index contributed by atoms with van der Waals surface area (Å²) in [6.45, 7) is 0. The number of aromatic amines is 1. The maximum atomic E-state index is 7.00. The summed E-state index contributed by atoms with van der Waals surface area (Å²) in [5.74, 6) is 0.791. The Morgan fingerprint density at radius 2 is 1.81 bits per heavy atom. The molecule has 2 aromatic carbocycles. The molecular weight excluding hydrogens is 470 g/mol. The van der Waals surface area contributed by atoms with Crippen LogP contribution in [-0.2, 0) is 6.42 Å². The second kappa shape index (κ2) is 11.3. The predicted molar refractivity (Wildman–Crippen MR) is 133 cm³/mol. The second-order valence-electron chi connectivity index (χ2n) is 6.55. The Morgan fingerprint density at radius 3 is 2.59 bits per heavy atom. The first-order valence-corrected chi connectivity index (χ1v) is 10.6. The van der Waals surface area contributed by atoms with Gasteiger partial charge in [-0.15, -0.1) is 0 Å². The molecular formula is C24H24BrN5O2. The summed E-state index contributed by atoms with van der Waals surface area (Å²) >= 11 is 3.59. The van der Waals surface area contributed by atoms with E-state index in [9.17, 15) is 0 Å². The van der Waals surface area contributed by atoms with Crippen LogP contribution in [0.5, 0.6) is 0 Å². The number of nitrogens with zero attached hydrogens (tertiary/aromatic N) is 3. The van der Waals surface area contributed by atoms with Crippen molar-refractivity contribution >= 4 is 44.6 Å². The summed E-state index contributed by atoms with van der Waals surface area (Å²) in [4.78, 5) is 12.7. The minimum Gasteiger partial charge on any atom is -0.400 e. The Hall–Kier alpha value is -3.33. The van der Waals surface area contributed by atoms with Crippen LogP contribution in [0.4, 0.5) is 5.69 Å². The summed E-state index contributed by atoms with van der Waals surface area (Å²) in [7, 11) is 2.00. The minimum atomic E-state index is 0.653. The molecule has 0 radical (unpaired) electrons. The number of amidine groups is 1. The normalized spacial score (nSPS) is 11.8. The van der Waals surface area contributed by atoms with Crippen LogP contribution in [0, 0.1) is 0 Å². The van der Waals surface area contributed by atoms with Gasteiger partial charge in [-0.05, 0) is 42.0 Å². The number of para-hydroxylation sites is 1. The number of benzene rings is 2. The van der Waals surface area contributed by atoms with E-state index in [1.54, 1.807) is 12.4 Å². The van der Waals surface area contributed by atoms with Crippen molar-refractivity contribution in [1.82, 2.24) is 15.4 Å². The molecule has 0 aliphatic carbocycles. The molecule has 8 heteroatoms. The molecule has 0 spiro atoms. The van der Waals surface area contributed by atoms with Gasteiger partial charge in [0.2, 0.25) is 0 Å². The first-order chi connectivity index (χ1) is 15.8. The number of hydrogen-bond donors (Lipinski definition) is 4. The molecule has 1 aliphatic rings. The molecule has 0 atom stereocenters. The Morgan fingerprint density at radius 1 is 1.03 bits per heavy atom. The van der Waals surface area contributed by atoms with Gasteiger partial charge in [-0.3, -0.25) is 10.4 Å².